The molecule has 3 aromatic carbocycles. The molecule has 0 atom stereocenters. The van der Waals surface area contributed by atoms with E-state index >= 15 is 0 Å². The zero-order valence-corrected chi connectivity index (χ0v) is 13.2. The maximum atomic E-state index is 2.41. The van der Waals surface area contributed by atoms with E-state index in [9.17, 15) is 0 Å². The van der Waals surface area contributed by atoms with Gasteiger partial charge in [0.15, 0.2) is 0 Å². The number of hydrogen-bond donors (Lipinski definition) is 0. The molecule has 110 valence electrons. The Morgan fingerprint density at radius 2 is 1.18 bits per heavy atom. The largest absolute Gasteiger partial charge is 0.358 e. The number of anilines is 1. The molecule has 0 N–H and O–H groups in total. The lowest BCUT2D eigenvalue weighted by Crippen LogP contribution is -2.21. The van der Waals surface area contributed by atoms with E-state index < -0.39 is 0 Å². The van der Waals surface area contributed by atoms with Crippen LogP contribution in [0.1, 0.15) is 5.56 Å². The monoisotopic (exact) mass is 305 g/mol. The fourth-order valence-electron chi connectivity index (χ4n) is 2.32. The van der Waals surface area contributed by atoms with Gasteiger partial charge < -0.3 is 4.90 Å². The maximum absolute atomic E-state index is 2.41. The van der Waals surface area contributed by atoms with E-state index in [1.54, 1.807) is 0 Å². The van der Waals surface area contributed by atoms with Crippen LogP contribution in [0.15, 0.2) is 95.9 Å². The van der Waals surface area contributed by atoms with E-state index in [1.165, 1.54) is 16.1 Å². The Kier molecular flexibility index (Phi) is 5.17. The minimum atomic E-state index is 0.921. The van der Waals surface area contributed by atoms with Gasteiger partial charge in [0, 0.05) is 17.1 Å². The van der Waals surface area contributed by atoms with Gasteiger partial charge in [-0.15, -0.1) is 11.8 Å². The first-order valence-electron chi connectivity index (χ1n) is 7.43. The van der Waals surface area contributed by atoms with Gasteiger partial charge in [0.2, 0.25) is 0 Å². The first kappa shape index (κ1) is 14.7. The van der Waals surface area contributed by atoms with Gasteiger partial charge in [0.1, 0.15) is 0 Å². The van der Waals surface area contributed by atoms with Gasteiger partial charge in [-0.25, -0.2) is 0 Å². The first-order chi connectivity index (χ1) is 10.9. The van der Waals surface area contributed by atoms with Crippen molar-refractivity contribution in [1.82, 2.24) is 0 Å². The average Bonchev–Trinajstić information content (AvgIpc) is 2.61. The molecular formula is C20H19NS. The summed E-state index contributed by atoms with van der Waals surface area (Å²) >= 11 is 1.87. The van der Waals surface area contributed by atoms with Crippen LogP contribution >= 0.6 is 11.8 Å². The van der Waals surface area contributed by atoms with E-state index in [2.05, 4.69) is 95.9 Å². The summed E-state index contributed by atoms with van der Waals surface area (Å²) < 4.78 is 0. The second-order valence-electron chi connectivity index (χ2n) is 5.11. The molecule has 2 heteroatoms. The molecule has 3 aromatic rings. The summed E-state index contributed by atoms with van der Waals surface area (Å²) in [5.41, 5.74) is 2.59. The fraction of sp³-hybridized carbons (Fsp3) is 0.100. The summed E-state index contributed by atoms with van der Waals surface area (Å²) in [5.74, 6) is 0.933. The Bertz CT molecular complexity index is 668. The number of nitrogens with zero attached hydrogens (tertiary/aromatic N) is 1. The van der Waals surface area contributed by atoms with Gasteiger partial charge in [-0.05, 0) is 29.8 Å². The van der Waals surface area contributed by atoms with Crippen molar-refractivity contribution in [2.75, 3.05) is 10.8 Å². The highest BCUT2D eigenvalue weighted by Gasteiger charge is 2.07. The number of rotatable bonds is 6. The second kappa shape index (κ2) is 7.71. The number of thioether (sulfide) groups is 1. The molecule has 0 fully saturated rings. The molecule has 0 aliphatic carbocycles. The molecule has 0 radical (unpaired) electrons. The third-order valence-electron chi connectivity index (χ3n) is 3.47. The first-order valence-corrected chi connectivity index (χ1v) is 8.42. The zero-order valence-electron chi connectivity index (χ0n) is 12.4. The van der Waals surface area contributed by atoms with Crippen molar-refractivity contribution in [2.45, 2.75) is 11.4 Å². The van der Waals surface area contributed by atoms with Gasteiger partial charge in [0.25, 0.3) is 0 Å². The highest BCUT2D eigenvalue weighted by Crippen LogP contribution is 2.24. The molecule has 0 heterocycles. The summed E-state index contributed by atoms with van der Waals surface area (Å²) in [7, 11) is 0. The number of benzene rings is 3. The van der Waals surface area contributed by atoms with Crippen LogP contribution in [0.3, 0.4) is 0 Å². The third kappa shape index (κ3) is 4.15. The van der Waals surface area contributed by atoms with Gasteiger partial charge >= 0.3 is 0 Å². The van der Waals surface area contributed by atoms with Crippen LogP contribution < -0.4 is 4.90 Å². The Labute approximate surface area is 136 Å². The van der Waals surface area contributed by atoms with Crippen molar-refractivity contribution >= 4 is 17.4 Å². The van der Waals surface area contributed by atoms with E-state index in [0.29, 0.717) is 0 Å². The van der Waals surface area contributed by atoms with Crippen molar-refractivity contribution < 1.29 is 0 Å². The standard InChI is InChI=1S/C20H19NS/c1-4-10-18(11-5-1)16-21(19-12-6-2-7-13-19)17-22-20-14-8-3-9-15-20/h1-15H,16-17H2. The predicted molar refractivity (Wildman–Crippen MR) is 96.2 cm³/mol. The van der Waals surface area contributed by atoms with Crippen LogP contribution in [0.2, 0.25) is 0 Å². The van der Waals surface area contributed by atoms with E-state index in [-0.39, 0.29) is 0 Å². The quantitative estimate of drug-likeness (QED) is 0.440. The van der Waals surface area contributed by atoms with Gasteiger partial charge in [-0.3, -0.25) is 0 Å². The molecule has 3 rings (SSSR count). The van der Waals surface area contributed by atoms with Crippen LogP contribution in [-0.2, 0) is 6.54 Å². The normalized spacial score (nSPS) is 10.4. The highest BCUT2D eigenvalue weighted by molar-refractivity contribution is 7.99. The topological polar surface area (TPSA) is 3.24 Å². The molecule has 0 aromatic heterocycles. The average molecular weight is 305 g/mol. The predicted octanol–water partition coefficient (Wildman–Crippen LogP) is 5.44. The van der Waals surface area contributed by atoms with Crippen LogP contribution in [0.4, 0.5) is 5.69 Å². The Morgan fingerprint density at radius 1 is 0.636 bits per heavy atom. The minimum Gasteiger partial charge on any atom is -0.358 e. The van der Waals surface area contributed by atoms with Crippen LogP contribution in [0, 0.1) is 0 Å². The summed E-state index contributed by atoms with van der Waals surface area (Å²) in [4.78, 5) is 3.71. The zero-order chi connectivity index (χ0) is 15.0. The molecule has 0 saturated carbocycles. The maximum Gasteiger partial charge on any atom is 0.0689 e. The van der Waals surface area contributed by atoms with Crippen molar-refractivity contribution in [1.29, 1.82) is 0 Å². The minimum absolute atomic E-state index is 0.921. The summed E-state index contributed by atoms with van der Waals surface area (Å²) in [6.45, 7) is 0.921. The van der Waals surface area contributed by atoms with Crippen molar-refractivity contribution in [3.63, 3.8) is 0 Å². The van der Waals surface area contributed by atoms with Crippen molar-refractivity contribution in [3.05, 3.63) is 96.6 Å². The van der Waals surface area contributed by atoms with Gasteiger partial charge in [-0.1, -0.05) is 66.7 Å². The summed E-state index contributed by atoms with van der Waals surface area (Å²) in [6, 6.07) is 31.8. The molecule has 0 saturated heterocycles. The molecule has 0 bridgehead atoms. The number of hydrogen-bond acceptors (Lipinski definition) is 2. The fourth-order valence-corrected chi connectivity index (χ4v) is 3.22. The summed E-state index contributed by atoms with van der Waals surface area (Å²) in [6.07, 6.45) is 0. The Morgan fingerprint density at radius 3 is 1.82 bits per heavy atom. The lowest BCUT2D eigenvalue weighted by atomic mass is 10.2. The van der Waals surface area contributed by atoms with Gasteiger partial charge in [-0.2, -0.15) is 0 Å². The summed E-state index contributed by atoms with van der Waals surface area (Å²) in [5, 5.41) is 0. The van der Waals surface area contributed by atoms with E-state index in [4.69, 9.17) is 0 Å². The smallest absolute Gasteiger partial charge is 0.0689 e. The second-order valence-corrected chi connectivity index (χ2v) is 6.12. The lowest BCUT2D eigenvalue weighted by Gasteiger charge is -2.24. The van der Waals surface area contributed by atoms with Crippen molar-refractivity contribution in [2.24, 2.45) is 0 Å². The molecule has 0 amide bonds. The van der Waals surface area contributed by atoms with Crippen LogP contribution in [0.5, 0.6) is 0 Å². The molecule has 0 aliphatic heterocycles. The number of para-hydroxylation sites is 1. The van der Waals surface area contributed by atoms with E-state index in [0.717, 1.165) is 12.4 Å². The molecule has 1 nitrogen and oxygen atoms in total. The molecule has 0 unspecified atom stereocenters. The van der Waals surface area contributed by atoms with Gasteiger partial charge in [0.05, 0.1) is 5.88 Å². The van der Waals surface area contributed by atoms with E-state index in [1.807, 2.05) is 11.8 Å². The van der Waals surface area contributed by atoms with Crippen molar-refractivity contribution in [3.8, 4) is 0 Å². The molecular weight excluding hydrogens is 286 g/mol. The molecule has 0 spiro atoms. The Hall–Kier alpha value is -2.19. The lowest BCUT2D eigenvalue weighted by molar-refractivity contribution is 0.903. The SMILES string of the molecule is c1ccc(CN(CSc2ccccc2)c2ccccc2)cc1. The molecule has 22 heavy (non-hydrogen) atoms. The molecule has 0 aliphatic rings. The Balaban J connectivity index is 1.74. The van der Waals surface area contributed by atoms with Crippen LogP contribution in [0.25, 0.3) is 0 Å². The third-order valence-corrected chi connectivity index (χ3v) is 4.51. The highest BCUT2D eigenvalue weighted by atomic mass is 32.2. The van der Waals surface area contributed by atoms with Crippen LogP contribution in [-0.4, -0.2) is 5.88 Å².